The van der Waals surface area contributed by atoms with Crippen molar-refractivity contribution in [2.24, 2.45) is 16.9 Å². The van der Waals surface area contributed by atoms with Crippen molar-refractivity contribution in [3.8, 4) is 0 Å². The number of hydrogen-bond acceptors (Lipinski definition) is 3. The number of aryl methyl sites for hydroxylation is 2. The number of amides is 1. The zero-order chi connectivity index (χ0) is 16.0. The lowest BCUT2D eigenvalue weighted by molar-refractivity contribution is 0.0954. The van der Waals surface area contributed by atoms with Crippen LogP contribution in [0.3, 0.4) is 0 Å². The molecule has 0 saturated heterocycles. The molecular weight excluding hydrogens is 288 g/mol. The number of imidazole rings is 1. The summed E-state index contributed by atoms with van der Waals surface area (Å²) < 4.78 is 2.14. The Kier molecular flexibility index (Phi) is 3.29. The third kappa shape index (κ3) is 2.27. The summed E-state index contributed by atoms with van der Waals surface area (Å²) in [5.74, 6) is 1.95. The van der Waals surface area contributed by atoms with Gasteiger partial charge < -0.3 is 4.57 Å². The summed E-state index contributed by atoms with van der Waals surface area (Å²) in [6, 6.07) is 5.64. The smallest absolute Gasteiger partial charge is 0.271 e. The molecule has 118 valence electrons. The van der Waals surface area contributed by atoms with Crippen LogP contribution in [-0.4, -0.2) is 21.2 Å². The molecule has 5 heteroatoms. The number of carbonyl (C=O) groups excluding carboxylic acids is 1. The van der Waals surface area contributed by atoms with Gasteiger partial charge in [-0.2, -0.15) is 5.10 Å². The number of allylic oxidation sites excluding steroid dienone is 2. The average Bonchev–Trinajstić information content (AvgIpc) is 3.05. The lowest BCUT2D eigenvalue weighted by Crippen LogP contribution is -2.35. The number of carbonyl (C=O) groups is 1. The van der Waals surface area contributed by atoms with Gasteiger partial charge in [-0.05, 0) is 50.8 Å². The second-order valence-electron chi connectivity index (χ2n) is 6.29. The van der Waals surface area contributed by atoms with Crippen molar-refractivity contribution in [3.05, 3.63) is 41.7 Å². The molecule has 5 nitrogen and oxygen atoms in total. The van der Waals surface area contributed by atoms with E-state index in [-0.39, 0.29) is 5.91 Å². The minimum Gasteiger partial charge on any atom is -0.329 e. The number of fused-ring (bicyclic) bond motifs is 2. The molecule has 0 radical (unpaired) electrons. The summed E-state index contributed by atoms with van der Waals surface area (Å²) in [5, 5.41) is 4.32. The SMILES string of the molecule is CCn1c(C)nc2cc(C(=O)N/N=C3\CC4C=CCC34)ccc21. The first-order valence-corrected chi connectivity index (χ1v) is 8.17. The molecule has 1 heterocycles. The lowest BCUT2D eigenvalue weighted by atomic mass is 9.74. The zero-order valence-corrected chi connectivity index (χ0v) is 13.4. The Morgan fingerprint density at radius 2 is 2.35 bits per heavy atom. The maximum atomic E-state index is 12.3. The lowest BCUT2D eigenvalue weighted by Gasteiger charge is -2.31. The van der Waals surface area contributed by atoms with Gasteiger partial charge in [-0.15, -0.1) is 0 Å². The van der Waals surface area contributed by atoms with Gasteiger partial charge in [0.25, 0.3) is 5.91 Å². The Labute approximate surface area is 135 Å². The van der Waals surface area contributed by atoms with Crippen LogP contribution in [0, 0.1) is 18.8 Å². The maximum absolute atomic E-state index is 12.3. The third-order valence-electron chi connectivity index (χ3n) is 4.98. The van der Waals surface area contributed by atoms with Crippen molar-refractivity contribution in [2.75, 3.05) is 0 Å². The number of aromatic nitrogens is 2. The summed E-state index contributed by atoms with van der Waals surface area (Å²) in [6.07, 6.45) is 6.49. The highest BCUT2D eigenvalue weighted by Crippen LogP contribution is 2.40. The normalized spacial score (nSPS) is 24.0. The van der Waals surface area contributed by atoms with Crippen molar-refractivity contribution in [3.63, 3.8) is 0 Å². The van der Waals surface area contributed by atoms with Crippen LogP contribution in [0.15, 0.2) is 35.5 Å². The van der Waals surface area contributed by atoms with Crippen LogP contribution < -0.4 is 5.43 Å². The topological polar surface area (TPSA) is 59.3 Å². The molecule has 1 saturated carbocycles. The molecule has 1 N–H and O–H groups in total. The number of rotatable bonds is 3. The molecule has 0 bridgehead atoms. The quantitative estimate of drug-likeness (QED) is 0.700. The minimum atomic E-state index is -0.169. The second kappa shape index (κ2) is 5.33. The number of nitrogens with zero attached hydrogens (tertiary/aromatic N) is 3. The van der Waals surface area contributed by atoms with Crippen LogP contribution in [0.5, 0.6) is 0 Å². The Morgan fingerprint density at radius 1 is 1.48 bits per heavy atom. The molecule has 4 rings (SSSR count). The van der Waals surface area contributed by atoms with E-state index in [0.717, 1.165) is 42.0 Å². The molecule has 2 aromatic rings. The van der Waals surface area contributed by atoms with Crippen molar-refractivity contribution in [1.29, 1.82) is 0 Å². The van der Waals surface area contributed by atoms with Gasteiger partial charge in [-0.25, -0.2) is 10.4 Å². The minimum absolute atomic E-state index is 0.169. The average molecular weight is 308 g/mol. The molecule has 23 heavy (non-hydrogen) atoms. The maximum Gasteiger partial charge on any atom is 0.271 e. The van der Waals surface area contributed by atoms with E-state index in [9.17, 15) is 4.79 Å². The first-order valence-electron chi connectivity index (χ1n) is 8.17. The van der Waals surface area contributed by atoms with E-state index in [1.165, 1.54) is 0 Å². The van der Waals surface area contributed by atoms with Crippen LogP contribution >= 0.6 is 0 Å². The third-order valence-corrected chi connectivity index (χ3v) is 4.98. The molecule has 1 amide bonds. The summed E-state index contributed by atoms with van der Waals surface area (Å²) in [7, 11) is 0. The first kappa shape index (κ1) is 14.2. The van der Waals surface area contributed by atoms with Crippen LogP contribution in [0.25, 0.3) is 11.0 Å². The number of nitrogens with one attached hydrogen (secondary N) is 1. The summed E-state index contributed by atoms with van der Waals surface area (Å²) >= 11 is 0. The van der Waals surface area contributed by atoms with Gasteiger partial charge in [0.05, 0.1) is 11.0 Å². The van der Waals surface area contributed by atoms with E-state index in [1.54, 1.807) is 0 Å². The van der Waals surface area contributed by atoms with Crippen LogP contribution in [0.1, 0.15) is 35.9 Å². The van der Waals surface area contributed by atoms with Gasteiger partial charge in [0, 0.05) is 23.7 Å². The molecule has 1 aromatic carbocycles. The van der Waals surface area contributed by atoms with E-state index >= 15 is 0 Å². The molecular formula is C18H20N4O. The number of hydrogen-bond donors (Lipinski definition) is 1. The fraction of sp³-hybridized carbons (Fsp3) is 0.389. The van der Waals surface area contributed by atoms with Gasteiger partial charge in [0.1, 0.15) is 5.82 Å². The Hall–Kier alpha value is -2.43. The molecule has 2 aliphatic rings. The van der Waals surface area contributed by atoms with E-state index in [4.69, 9.17) is 0 Å². The molecule has 1 aromatic heterocycles. The van der Waals surface area contributed by atoms with Gasteiger partial charge in [-0.1, -0.05) is 12.2 Å². The number of benzene rings is 1. The predicted octanol–water partition coefficient (Wildman–Crippen LogP) is 3.05. The predicted molar refractivity (Wildman–Crippen MR) is 90.4 cm³/mol. The highest BCUT2D eigenvalue weighted by Gasteiger charge is 2.38. The fourth-order valence-electron chi connectivity index (χ4n) is 3.64. The summed E-state index contributed by atoms with van der Waals surface area (Å²) in [6.45, 7) is 4.95. The van der Waals surface area contributed by atoms with E-state index < -0.39 is 0 Å². The summed E-state index contributed by atoms with van der Waals surface area (Å²) in [5.41, 5.74) is 6.33. The van der Waals surface area contributed by atoms with Crippen molar-refractivity contribution in [2.45, 2.75) is 33.2 Å². The second-order valence-corrected chi connectivity index (χ2v) is 6.29. The zero-order valence-electron chi connectivity index (χ0n) is 13.4. The fourth-order valence-corrected chi connectivity index (χ4v) is 3.64. The van der Waals surface area contributed by atoms with Crippen LogP contribution in [0.2, 0.25) is 0 Å². The van der Waals surface area contributed by atoms with Crippen molar-refractivity contribution >= 4 is 22.7 Å². The van der Waals surface area contributed by atoms with Crippen LogP contribution in [0.4, 0.5) is 0 Å². The Bertz CT molecular complexity index is 846. The van der Waals surface area contributed by atoms with Crippen molar-refractivity contribution in [1.82, 2.24) is 15.0 Å². The van der Waals surface area contributed by atoms with E-state index in [1.807, 2.05) is 25.1 Å². The molecule has 0 spiro atoms. The largest absolute Gasteiger partial charge is 0.329 e. The molecule has 1 fully saturated rings. The Morgan fingerprint density at radius 3 is 3.13 bits per heavy atom. The highest BCUT2D eigenvalue weighted by atomic mass is 16.2. The van der Waals surface area contributed by atoms with E-state index in [2.05, 4.69) is 39.2 Å². The molecule has 2 atom stereocenters. The van der Waals surface area contributed by atoms with Crippen molar-refractivity contribution < 1.29 is 4.79 Å². The first-order chi connectivity index (χ1) is 11.2. The highest BCUT2D eigenvalue weighted by molar-refractivity contribution is 5.99. The van der Waals surface area contributed by atoms with E-state index in [0.29, 0.717) is 17.4 Å². The van der Waals surface area contributed by atoms with Gasteiger partial charge in [0.2, 0.25) is 0 Å². The molecule has 2 unspecified atom stereocenters. The van der Waals surface area contributed by atoms with Gasteiger partial charge >= 0.3 is 0 Å². The Balaban J connectivity index is 1.52. The van der Waals surface area contributed by atoms with Gasteiger partial charge in [0.15, 0.2) is 0 Å². The molecule has 2 aliphatic carbocycles. The van der Waals surface area contributed by atoms with Gasteiger partial charge in [-0.3, -0.25) is 4.79 Å². The monoisotopic (exact) mass is 308 g/mol. The standard InChI is InChI=1S/C18H20N4O/c1-3-22-11(2)19-16-10-13(7-8-17(16)22)18(23)21-20-15-9-12-5-4-6-14(12)15/h4-5,7-8,10,12,14H,3,6,9H2,1-2H3,(H,21,23)/b20-15+. The van der Waals surface area contributed by atoms with Crippen LogP contribution in [-0.2, 0) is 6.54 Å². The number of hydrazone groups is 1. The summed E-state index contributed by atoms with van der Waals surface area (Å²) in [4.78, 5) is 16.8. The molecule has 0 aliphatic heterocycles.